The Morgan fingerprint density at radius 2 is 2.00 bits per heavy atom. The molecule has 1 aromatic carbocycles. The number of rotatable bonds is 3. The van der Waals surface area contributed by atoms with Crippen LogP contribution in [-0.4, -0.2) is 4.98 Å². The maximum Gasteiger partial charge on any atom is 0.142 e. The molecule has 0 atom stereocenters. The molecule has 0 spiro atoms. The molecule has 0 saturated heterocycles. The number of hydrogen-bond acceptors (Lipinski definition) is 3. The number of benzene rings is 1. The Morgan fingerprint density at radius 1 is 1.19 bits per heavy atom. The first-order chi connectivity index (χ1) is 7.75. The highest BCUT2D eigenvalue weighted by atomic mass is 35.5. The van der Waals surface area contributed by atoms with Gasteiger partial charge in [-0.2, -0.15) is 0 Å². The summed E-state index contributed by atoms with van der Waals surface area (Å²) in [5.74, 6) is 0.678. The summed E-state index contributed by atoms with van der Waals surface area (Å²) >= 11 is 5.68. The van der Waals surface area contributed by atoms with Gasteiger partial charge in [-0.25, -0.2) is 4.98 Å². The van der Waals surface area contributed by atoms with Gasteiger partial charge in [0.2, 0.25) is 0 Å². The first-order valence-electron chi connectivity index (χ1n) is 4.83. The van der Waals surface area contributed by atoms with Gasteiger partial charge in [-0.1, -0.05) is 29.8 Å². The zero-order valence-electron chi connectivity index (χ0n) is 8.56. The maximum atomic E-state index is 5.75. The molecule has 0 aliphatic rings. The second kappa shape index (κ2) is 4.86. The fourth-order valence-corrected chi connectivity index (χ4v) is 1.38. The monoisotopic (exact) mass is 234 g/mol. The summed E-state index contributed by atoms with van der Waals surface area (Å²) in [6.45, 7) is 0.429. The maximum absolute atomic E-state index is 5.75. The second-order valence-electron chi connectivity index (χ2n) is 3.32. The SMILES string of the molecule is Nc1ccccc1OCc1ccc(Cl)nc1. The van der Waals surface area contributed by atoms with Crippen LogP contribution in [0.4, 0.5) is 5.69 Å². The Hall–Kier alpha value is -1.74. The number of nitrogens with two attached hydrogens (primary N) is 1. The molecule has 0 fully saturated rings. The summed E-state index contributed by atoms with van der Waals surface area (Å²) in [6, 6.07) is 11.0. The van der Waals surface area contributed by atoms with E-state index in [0.29, 0.717) is 23.2 Å². The van der Waals surface area contributed by atoms with Crippen molar-refractivity contribution < 1.29 is 4.74 Å². The molecule has 4 heteroatoms. The lowest BCUT2D eigenvalue weighted by atomic mass is 10.3. The van der Waals surface area contributed by atoms with Gasteiger partial charge in [0.25, 0.3) is 0 Å². The molecular formula is C12H11ClN2O. The molecule has 82 valence electrons. The average Bonchev–Trinajstić information content (AvgIpc) is 2.30. The van der Waals surface area contributed by atoms with Crippen LogP contribution >= 0.6 is 11.6 Å². The zero-order chi connectivity index (χ0) is 11.4. The van der Waals surface area contributed by atoms with Crippen LogP contribution in [0.15, 0.2) is 42.6 Å². The van der Waals surface area contributed by atoms with Gasteiger partial charge in [0, 0.05) is 11.8 Å². The molecule has 1 heterocycles. The quantitative estimate of drug-likeness (QED) is 0.656. The molecule has 0 aliphatic heterocycles. The van der Waals surface area contributed by atoms with Crippen LogP contribution in [0, 0.1) is 0 Å². The fraction of sp³-hybridized carbons (Fsp3) is 0.0833. The predicted octanol–water partition coefficient (Wildman–Crippen LogP) is 2.90. The molecule has 0 unspecified atom stereocenters. The number of pyridine rings is 1. The van der Waals surface area contributed by atoms with Crippen molar-refractivity contribution in [3.8, 4) is 5.75 Å². The molecule has 2 N–H and O–H groups in total. The van der Waals surface area contributed by atoms with E-state index in [1.54, 1.807) is 18.3 Å². The average molecular weight is 235 g/mol. The number of anilines is 1. The Bertz CT molecular complexity index is 471. The Kier molecular flexibility index (Phi) is 3.27. The standard InChI is InChI=1S/C12H11ClN2O/c13-12-6-5-9(7-15-12)8-16-11-4-2-1-3-10(11)14/h1-7H,8,14H2. The summed E-state index contributed by atoms with van der Waals surface area (Å²) in [4.78, 5) is 3.97. The van der Waals surface area contributed by atoms with Crippen molar-refractivity contribution in [2.24, 2.45) is 0 Å². The molecule has 16 heavy (non-hydrogen) atoms. The third-order valence-corrected chi connectivity index (χ3v) is 2.33. The minimum Gasteiger partial charge on any atom is -0.487 e. The van der Waals surface area contributed by atoms with E-state index in [9.17, 15) is 0 Å². The van der Waals surface area contributed by atoms with E-state index in [1.807, 2.05) is 24.3 Å². The van der Waals surface area contributed by atoms with Crippen LogP contribution in [0.2, 0.25) is 5.15 Å². The summed E-state index contributed by atoms with van der Waals surface area (Å²) in [5.41, 5.74) is 7.33. The lowest BCUT2D eigenvalue weighted by molar-refractivity contribution is 0.307. The van der Waals surface area contributed by atoms with Crippen molar-refractivity contribution in [3.05, 3.63) is 53.3 Å². The number of nitrogens with zero attached hydrogens (tertiary/aromatic N) is 1. The third kappa shape index (κ3) is 2.64. The van der Waals surface area contributed by atoms with Crippen molar-refractivity contribution in [1.29, 1.82) is 0 Å². The summed E-state index contributed by atoms with van der Waals surface area (Å²) in [6.07, 6.45) is 1.68. The van der Waals surface area contributed by atoms with E-state index in [-0.39, 0.29) is 0 Å². The van der Waals surface area contributed by atoms with E-state index in [0.717, 1.165) is 5.56 Å². The van der Waals surface area contributed by atoms with Crippen LogP contribution < -0.4 is 10.5 Å². The zero-order valence-corrected chi connectivity index (χ0v) is 9.32. The smallest absolute Gasteiger partial charge is 0.142 e. The molecule has 3 nitrogen and oxygen atoms in total. The van der Waals surface area contributed by atoms with Crippen LogP contribution in [0.5, 0.6) is 5.75 Å². The lowest BCUT2D eigenvalue weighted by Gasteiger charge is -2.08. The Labute approximate surface area is 98.8 Å². The summed E-state index contributed by atoms with van der Waals surface area (Å²) in [7, 11) is 0. The van der Waals surface area contributed by atoms with Gasteiger partial charge in [0.05, 0.1) is 5.69 Å². The highest BCUT2D eigenvalue weighted by molar-refractivity contribution is 6.29. The van der Waals surface area contributed by atoms with Crippen LogP contribution in [0.3, 0.4) is 0 Å². The van der Waals surface area contributed by atoms with Crippen LogP contribution in [-0.2, 0) is 6.61 Å². The topological polar surface area (TPSA) is 48.1 Å². The minimum absolute atomic E-state index is 0.429. The van der Waals surface area contributed by atoms with Crippen molar-refractivity contribution in [3.63, 3.8) is 0 Å². The van der Waals surface area contributed by atoms with E-state index < -0.39 is 0 Å². The minimum atomic E-state index is 0.429. The van der Waals surface area contributed by atoms with Gasteiger partial charge in [-0.15, -0.1) is 0 Å². The van der Waals surface area contributed by atoms with E-state index in [2.05, 4.69) is 4.98 Å². The highest BCUT2D eigenvalue weighted by Gasteiger charge is 1.99. The Balaban J connectivity index is 2.02. The third-order valence-electron chi connectivity index (χ3n) is 2.10. The second-order valence-corrected chi connectivity index (χ2v) is 3.70. The predicted molar refractivity (Wildman–Crippen MR) is 64.4 cm³/mol. The lowest BCUT2D eigenvalue weighted by Crippen LogP contribution is -1.98. The van der Waals surface area contributed by atoms with Crippen molar-refractivity contribution in [1.82, 2.24) is 4.98 Å². The first-order valence-corrected chi connectivity index (χ1v) is 5.21. The number of halogens is 1. The molecule has 0 radical (unpaired) electrons. The van der Waals surface area contributed by atoms with Crippen molar-refractivity contribution in [2.75, 3.05) is 5.73 Å². The van der Waals surface area contributed by atoms with Crippen molar-refractivity contribution in [2.45, 2.75) is 6.61 Å². The number of aromatic nitrogens is 1. The summed E-state index contributed by atoms with van der Waals surface area (Å²) < 4.78 is 5.55. The highest BCUT2D eigenvalue weighted by Crippen LogP contribution is 2.20. The van der Waals surface area contributed by atoms with E-state index in [4.69, 9.17) is 22.1 Å². The molecule has 2 rings (SSSR count). The number of nitrogen functional groups attached to an aromatic ring is 1. The van der Waals surface area contributed by atoms with Gasteiger partial charge >= 0.3 is 0 Å². The number of ether oxygens (including phenoxy) is 1. The van der Waals surface area contributed by atoms with Gasteiger partial charge in [-0.3, -0.25) is 0 Å². The normalized spacial score (nSPS) is 10.1. The molecule has 0 aliphatic carbocycles. The Morgan fingerprint density at radius 3 is 2.69 bits per heavy atom. The number of para-hydroxylation sites is 2. The molecule has 0 amide bonds. The molecule has 1 aromatic heterocycles. The molecule has 0 saturated carbocycles. The molecule has 0 bridgehead atoms. The molecule has 2 aromatic rings. The fourth-order valence-electron chi connectivity index (χ4n) is 1.26. The summed E-state index contributed by atoms with van der Waals surface area (Å²) in [5, 5.41) is 0.475. The molecular weight excluding hydrogens is 224 g/mol. The number of hydrogen-bond donors (Lipinski definition) is 1. The van der Waals surface area contributed by atoms with E-state index >= 15 is 0 Å². The van der Waals surface area contributed by atoms with Crippen molar-refractivity contribution >= 4 is 17.3 Å². The van der Waals surface area contributed by atoms with Gasteiger partial charge in [-0.05, 0) is 18.2 Å². The van der Waals surface area contributed by atoms with Gasteiger partial charge in [0.15, 0.2) is 0 Å². The van der Waals surface area contributed by atoms with Gasteiger partial charge in [0.1, 0.15) is 17.5 Å². The van der Waals surface area contributed by atoms with Gasteiger partial charge < -0.3 is 10.5 Å². The van der Waals surface area contributed by atoms with E-state index in [1.165, 1.54) is 0 Å². The largest absolute Gasteiger partial charge is 0.487 e. The van der Waals surface area contributed by atoms with Crippen LogP contribution in [0.1, 0.15) is 5.56 Å². The van der Waals surface area contributed by atoms with Crippen LogP contribution in [0.25, 0.3) is 0 Å². The first kappa shape index (κ1) is 10.8.